The van der Waals surface area contributed by atoms with Gasteiger partial charge >= 0.3 is 11.8 Å². The van der Waals surface area contributed by atoms with Crippen LogP contribution in [-0.4, -0.2) is 21.8 Å². The van der Waals surface area contributed by atoms with Gasteiger partial charge in [-0.25, -0.2) is 0 Å². The van der Waals surface area contributed by atoms with Crippen LogP contribution in [0.2, 0.25) is 0 Å². The minimum Gasteiger partial charge on any atom is -0.261 e. The highest BCUT2D eigenvalue weighted by atomic mass is 16.3. The molecule has 0 spiro atoms. The van der Waals surface area contributed by atoms with E-state index in [4.69, 9.17) is 0 Å². The van der Waals surface area contributed by atoms with Gasteiger partial charge in [0.05, 0.1) is 22.7 Å². The number of nitroso groups, excluding NO2 is 2. The number of carbonyl (C=O) groups excluding carboxylic acids is 2. The molecular formula is C26H22N4O4. The van der Waals surface area contributed by atoms with Crippen LogP contribution in [0, 0.1) is 9.81 Å². The molecule has 170 valence electrons. The molecule has 0 aliphatic carbocycles. The number of amides is 2. The fourth-order valence-electron chi connectivity index (χ4n) is 4.26. The van der Waals surface area contributed by atoms with E-state index < -0.39 is 23.9 Å². The third kappa shape index (κ3) is 4.01. The van der Waals surface area contributed by atoms with Gasteiger partial charge in [0.25, 0.3) is 0 Å². The molecule has 0 saturated heterocycles. The molecule has 0 heterocycles. The van der Waals surface area contributed by atoms with Crippen LogP contribution in [0.5, 0.6) is 0 Å². The first-order valence-electron chi connectivity index (χ1n) is 10.8. The Morgan fingerprint density at radius 2 is 0.941 bits per heavy atom. The molecule has 8 heteroatoms. The van der Waals surface area contributed by atoms with Gasteiger partial charge in [-0.15, -0.1) is 9.81 Å². The third-order valence-electron chi connectivity index (χ3n) is 6.06. The average molecular weight is 454 g/mol. The summed E-state index contributed by atoms with van der Waals surface area (Å²) in [6.45, 7) is 3.20. The highest BCUT2D eigenvalue weighted by Crippen LogP contribution is 2.31. The number of benzene rings is 4. The second-order valence-corrected chi connectivity index (χ2v) is 7.95. The Bertz CT molecular complexity index is 1290. The first kappa shape index (κ1) is 22.7. The predicted molar refractivity (Wildman–Crippen MR) is 130 cm³/mol. The molecule has 0 saturated carbocycles. The van der Waals surface area contributed by atoms with E-state index in [0.29, 0.717) is 21.1 Å². The maximum absolute atomic E-state index is 13.1. The molecule has 4 rings (SSSR count). The topological polar surface area (TPSA) is 99.5 Å². The summed E-state index contributed by atoms with van der Waals surface area (Å²) in [4.78, 5) is 49.5. The number of hydrogen-bond acceptors (Lipinski definition) is 6. The van der Waals surface area contributed by atoms with Crippen molar-refractivity contribution in [2.75, 3.05) is 0 Å². The van der Waals surface area contributed by atoms with E-state index in [1.54, 1.807) is 38.1 Å². The predicted octanol–water partition coefficient (Wildman–Crippen LogP) is 5.84. The van der Waals surface area contributed by atoms with Crippen LogP contribution < -0.4 is 0 Å². The second-order valence-electron chi connectivity index (χ2n) is 7.95. The van der Waals surface area contributed by atoms with Crippen molar-refractivity contribution in [3.63, 3.8) is 0 Å². The van der Waals surface area contributed by atoms with Gasteiger partial charge in [0.15, 0.2) is 0 Å². The number of rotatable bonds is 6. The van der Waals surface area contributed by atoms with Crippen LogP contribution in [0.25, 0.3) is 21.5 Å². The van der Waals surface area contributed by atoms with Crippen LogP contribution in [0.15, 0.2) is 95.5 Å². The van der Waals surface area contributed by atoms with Gasteiger partial charge in [-0.2, -0.15) is 10.0 Å². The molecule has 0 aliphatic heterocycles. The fourth-order valence-corrected chi connectivity index (χ4v) is 4.26. The van der Waals surface area contributed by atoms with Crippen molar-refractivity contribution < 1.29 is 9.59 Å². The van der Waals surface area contributed by atoms with Crippen LogP contribution in [0.4, 0.5) is 0 Å². The van der Waals surface area contributed by atoms with Crippen molar-refractivity contribution in [1.82, 2.24) is 10.0 Å². The van der Waals surface area contributed by atoms with Gasteiger partial charge in [-0.1, -0.05) is 84.9 Å². The number of nitrogens with zero attached hydrogens (tertiary/aromatic N) is 4. The maximum atomic E-state index is 13.1. The Morgan fingerprint density at radius 3 is 1.32 bits per heavy atom. The fraction of sp³-hybridized carbons (Fsp3) is 0.154. The Kier molecular flexibility index (Phi) is 6.40. The lowest BCUT2D eigenvalue weighted by Crippen LogP contribution is -2.42. The van der Waals surface area contributed by atoms with Gasteiger partial charge in [-0.05, 0) is 46.5 Å². The van der Waals surface area contributed by atoms with E-state index in [1.165, 1.54) is 0 Å². The first-order valence-corrected chi connectivity index (χ1v) is 10.8. The Labute approximate surface area is 195 Å². The van der Waals surface area contributed by atoms with Gasteiger partial charge in [0.1, 0.15) is 0 Å². The lowest BCUT2D eigenvalue weighted by molar-refractivity contribution is -0.154. The Balaban J connectivity index is 1.65. The van der Waals surface area contributed by atoms with Crippen molar-refractivity contribution in [2.45, 2.75) is 25.9 Å². The monoisotopic (exact) mass is 454 g/mol. The second kappa shape index (κ2) is 9.58. The van der Waals surface area contributed by atoms with Crippen molar-refractivity contribution in [2.24, 2.45) is 10.6 Å². The highest BCUT2D eigenvalue weighted by molar-refractivity contribution is 6.34. The standard InChI is InChI=1S/C26H22N4O4/c1-17(21-15-7-11-19-9-3-5-13-23(19)21)29(27-33)25(31)26(32)30(28-34)18(2)22-16-8-12-20-10-4-6-14-24(20)22/h3-18H,1-2H3. The van der Waals surface area contributed by atoms with E-state index in [2.05, 4.69) is 10.6 Å². The average Bonchev–Trinajstić information content (AvgIpc) is 2.88. The lowest BCUT2D eigenvalue weighted by atomic mass is 9.99. The van der Waals surface area contributed by atoms with Crippen molar-refractivity contribution in [3.05, 3.63) is 106 Å². The minimum absolute atomic E-state index is 0.554. The van der Waals surface area contributed by atoms with Gasteiger partial charge < -0.3 is 0 Å². The molecule has 0 aliphatic rings. The Hall–Kier alpha value is -4.46. The summed E-state index contributed by atoms with van der Waals surface area (Å²) in [6.07, 6.45) is 0. The number of carbonyl (C=O) groups is 2. The zero-order chi connectivity index (χ0) is 24.2. The summed E-state index contributed by atoms with van der Waals surface area (Å²) in [6, 6.07) is 24.2. The summed E-state index contributed by atoms with van der Waals surface area (Å²) in [5, 5.41) is 10.2. The van der Waals surface area contributed by atoms with Gasteiger partial charge in [0.2, 0.25) is 0 Å². The van der Waals surface area contributed by atoms with Gasteiger partial charge in [0, 0.05) is 0 Å². The van der Waals surface area contributed by atoms with Crippen LogP contribution in [0.3, 0.4) is 0 Å². The molecule has 2 unspecified atom stereocenters. The molecule has 0 fully saturated rings. The van der Waals surface area contributed by atoms with E-state index in [-0.39, 0.29) is 0 Å². The molecule has 4 aromatic rings. The molecular weight excluding hydrogens is 432 g/mol. The normalized spacial score (nSPS) is 12.6. The van der Waals surface area contributed by atoms with E-state index in [0.717, 1.165) is 21.5 Å². The smallest absolute Gasteiger partial charge is 0.261 e. The maximum Gasteiger partial charge on any atom is 0.337 e. The van der Waals surface area contributed by atoms with Crippen molar-refractivity contribution in [1.29, 1.82) is 0 Å². The molecule has 2 atom stereocenters. The zero-order valence-electron chi connectivity index (χ0n) is 18.7. The van der Waals surface area contributed by atoms with Crippen molar-refractivity contribution >= 4 is 33.4 Å². The molecule has 2 amide bonds. The molecule has 0 N–H and O–H groups in total. The number of hydrogen-bond donors (Lipinski definition) is 0. The zero-order valence-corrected chi connectivity index (χ0v) is 18.7. The van der Waals surface area contributed by atoms with E-state index in [9.17, 15) is 19.4 Å². The minimum atomic E-state index is -1.23. The molecule has 8 nitrogen and oxygen atoms in total. The highest BCUT2D eigenvalue weighted by Gasteiger charge is 2.36. The Morgan fingerprint density at radius 1 is 0.588 bits per heavy atom. The van der Waals surface area contributed by atoms with Crippen LogP contribution in [0.1, 0.15) is 37.1 Å². The lowest BCUT2D eigenvalue weighted by Gasteiger charge is -2.26. The quantitative estimate of drug-likeness (QED) is 0.208. The largest absolute Gasteiger partial charge is 0.337 e. The molecule has 0 aromatic heterocycles. The number of fused-ring (bicyclic) bond motifs is 2. The summed E-state index contributed by atoms with van der Waals surface area (Å²) in [5.74, 6) is -2.47. The molecule has 0 bridgehead atoms. The summed E-state index contributed by atoms with van der Waals surface area (Å²) >= 11 is 0. The first-order chi connectivity index (χ1) is 16.5. The SMILES string of the molecule is CC(c1cccc2ccccc12)N(N=O)C(=O)C(=O)N(N=O)C(C)c1cccc2ccccc12. The van der Waals surface area contributed by atoms with Crippen LogP contribution in [-0.2, 0) is 9.59 Å². The molecule has 34 heavy (non-hydrogen) atoms. The third-order valence-corrected chi connectivity index (χ3v) is 6.06. The van der Waals surface area contributed by atoms with Gasteiger partial charge in [-0.3, -0.25) is 9.59 Å². The summed E-state index contributed by atoms with van der Waals surface area (Å²) in [7, 11) is 0. The van der Waals surface area contributed by atoms with Crippen LogP contribution >= 0.6 is 0 Å². The van der Waals surface area contributed by atoms with E-state index in [1.807, 2.05) is 60.7 Å². The van der Waals surface area contributed by atoms with E-state index >= 15 is 0 Å². The molecule has 0 radical (unpaired) electrons. The summed E-state index contributed by atoms with van der Waals surface area (Å²) < 4.78 is 0. The summed E-state index contributed by atoms with van der Waals surface area (Å²) in [5.41, 5.74) is 1.29. The molecule has 4 aromatic carbocycles. The van der Waals surface area contributed by atoms with Crippen molar-refractivity contribution in [3.8, 4) is 0 Å².